The second-order valence-corrected chi connectivity index (χ2v) is 7.53. The SMILES string of the molecule is O=C(NCc1noc([C@@H]2CCC(=O)N2CCc2ccccc2)n1)C1CCOCC1. The Kier molecular flexibility index (Phi) is 6.19. The minimum absolute atomic E-state index is 0.000168. The first-order valence-electron chi connectivity index (χ1n) is 10.2. The van der Waals surface area contributed by atoms with E-state index in [1.165, 1.54) is 5.56 Å². The second-order valence-electron chi connectivity index (χ2n) is 7.53. The van der Waals surface area contributed by atoms with Gasteiger partial charge >= 0.3 is 0 Å². The third kappa shape index (κ3) is 4.82. The van der Waals surface area contributed by atoms with E-state index < -0.39 is 0 Å². The van der Waals surface area contributed by atoms with E-state index in [0.717, 1.165) is 19.3 Å². The molecule has 1 aromatic heterocycles. The van der Waals surface area contributed by atoms with Crippen LogP contribution in [0.25, 0.3) is 0 Å². The average molecular weight is 398 g/mol. The minimum atomic E-state index is -0.196. The minimum Gasteiger partial charge on any atom is -0.381 e. The molecule has 2 aliphatic heterocycles. The molecule has 1 aromatic carbocycles. The summed E-state index contributed by atoms with van der Waals surface area (Å²) in [6.45, 7) is 2.09. The molecule has 29 heavy (non-hydrogen) atoms. The molecule has 2 fully saturated rings. The Morgan fingerprint density at radius 3 is 2.76 bits per heavy atom. The average Bonchev–Trinajstić information content (AvgIpc) is 3.38. The molecular weight excluding hydrogens is 372 g/mol. The van der Waals surface area contributed by atoms with Crippen LogP contribution < -0.4 is 5.32 Å². The van der Waals surface area contributed by atoms with Crippen LogP contribution in [0.5, 0.6) is 0 Å². The first-order chi connectivity index (χ1) is 14.2. The number of ether oxygens (including phenoxy) is 1. The maximum absolute atomic E-state index is 12.3. The second kappa shape index (κ2) is 9.17. The number of hydrogen-bond donors (Lipinski definition) is 1. The third-order valence-electron chi connectivity index (χ3n) is 5.59. The van der Waals surface area contributed by atoms with Crippen LogP contribution in [-0.2, 0) is 27.3 Å². The number of aromatic nitrogens is 2. The quantitative estimate of drug-likeness (QED) is 0.766. The molecule has 1 N–H and O–H groups in total. The predicted molar refractivity (Wildman–Crippen MR) is 104 cm³/mol. The molecule has 1 atom stereocenters. The maximum Gasteiger partial charge on any atom is 0.249 e. The van der Waals surface area contributed by atoms with E-state index in [2.05, 4.69) is 27.6 Å². The van der Waals surface area contributed by atoms with Crippen molar-refractivity contribution in [3.05, 3.63) is 47.6 Å². The lowest BCUT2D eigenvalue weighted by molar-refractivity contribution is -0.129. The monoisotopic (exact) mass is 398 g/mol. The van der Waals surface area contributed by atoms with Crippen LogP contribution in [0, 0.1) is 5.92 Å². The van der Waals surface area contributed by atoms with E-state index >= 15 is 0 Å². The van der Waals surface area contributed by atoms with Crippen molar-refractivity contribution in [2.75, 3.05) is 19.8 Å². The van der Waals surface area contributed by atoms with Gasteiger partial charge in [-0.25, -0.2) is 0 Å². The van der Waals surface area contributed by atoms with Crippen molar-refractivity contribution in [2.24, 2.45) is 5.92 Å². The van der Waals surface area contributed by atoms with E-state index in [1.807, 2.05) is 23.1 Å². The zero-order valence-electron chi connectivity index (χ0n) is 16.4. The van der Waals surface area contributed by atoms with Gasteiger partial charge in [-0.15, -0.1) is 0 Å². The van der Waals surface area contributed by atoms with Gasteiger partial charge in [0.2, 0.25) is 17.7 Å². The highest BCUT2D eigenvalue weighted by Gasteiger charge is 2.35. The van der Waals surface area contributed by atoms with Gasteiger partial charge in [-0.05, 0) is 31.2 Å². The fourth-order valence-corrected chi connectivity index (χ4v) is 3.91. The summed E-state index contributed by atoms with van der Waals surface area (Å²) in [6, 6.07) is 9.89. The molecule has 8 heteroatoms. The van der Waals surface area contributed by atoms with Crippen molar-refractivity contribution in [3.63, 3.8) is 0 Å². The standard InChI is InChI=1S/C21H26N4O4/c26-19-7-6-17(25(19)11-8-15-4-2-1-3-5-15)21-23-18(24-29-21)14-22-20(27)16-9-12-28-13-10-16/h1-5,16-17H,6-14H2,(H,22,27)/t17-/m0/s1. The van der Waals surface area contributed by atoms with Gasteiger partial charge in [-0.1, -0.05) is 35.5 Å². The Morgan fingerprint density at radius 1 is 1.17 bits per heavy atom. The van der Waals surface area contributed by atoms with Crippen molar-refractivity contribution in [1.82, 2.24) is 20.4 Å². The fourth-order valence-electron chi connectivity index (χ4n) is 3.91. The highest BCUT2D eigenvalue weighted by molar-refractivity contribution is 5.79. The maximum atomic E-state index is 12.3. The molecule has 2 saturated heterocycles. The third-order valence-corrected chi connectivity index (χ3v) is 5.59. The molecule has 0 bridgehead atoms. The summed E-state index contributed by atoms with van der Waals surface area (Å²) >= 11 is 0. The molecule has 8 nitrogen and oxygen atoms in total. The highest BCUT2D eigenvalue weighted by Crippen LogP contribution is 2.31. The van der Waals surface area contributed by atoms with Gasteiger partial charge < -0.3 is 19.5 Å². The largest absolute Gasteiger partial charge is 0.381 e. The molecule has 0 aliphatic carbocycles. The van der Waals surface area contributed by atoms with Gasteiger partial charge in [0.25, 0.3) is 0 Å². The Balaban J connectivity index is 1.33. The van der Waals surface area contributed by atoms with E-state index in [0.29, 0.717) is 44.3 Å². The summed E-state index contributed by atoms with van der Waals surface area (Å²) < 4.78 is 10.7. The van der Waals surface area contributed by atoms with Crippen LogP contribution in [-0.4, -0.2) is 46.6 Å². The van der Waals surface area contributed by atoms with E-state index in [-0.39, 0.29) is 30.3 Å². The van der Waals surface area contributed by atoms with Crippen LogP contribution in [0.2, 0.25) is 0 Å². The number of nitrogens with one attached hydrogen (secondary N) is 1. The van der Waals surface area contributed by atoms with Crippen molar-refractivity contribution in [3.8, 4) is 0 Å². The number of benzene rings is 1. The lowest BCUT2D eigenvalue weighted by Crippen LogP contribution is -2.34. The van der Waals surface area contributed by atoms with Crippen LogP contribution in [0.15, 0.2) is 34.9 Å². The fraction of sp³-hybridized carbons (Fsp3) is 0.524. The number of amides is 2. The topological polar surface area (TPSA) is 97.6 Å². The normalized spacial score (nSPS) is 20.2. The van der Waals surface area contributed by atoms with E-state index in [4.69, 9.17) is 9.26 Å². The van der Waals surface area contributed by atoms with Gasteiger partial charge in [0.05, 0.1) is 6.54 Å². The van der Waals surface area contributed by atoms with Gasteiger partial charge in [0.15, 0.2) is 5.82 Å². The molecule has 0 spiro atoms. The molecule has 0 radical (unpaired) electrons. The van der Waals surface area contributed by atoms with E-state index in [9.17, 15) is 9.59 Å². The summed E-state index contributed by atoms with van der Waals surface area (Å²) in [4.78, 5) is 30.9. The number of nitrogens with zero attached hydrogens (tertiary/aromatic N) is 3. The van der Waals surface area contributed by atoms with Crippen LogP contribution in [0.1, 0.15) is 49.0 Å². The van der Waals surface area contributed by atoms with Crippen LogP contribution in [0.3, 0.4) is 0 Å². The smallest absolute Gasteiger partial charge is 0.249 e. The molecule has 4 rings (SSSR count). The summed E-state index contributed by atoms with van der Waals surface area (Å²) in [6.07, 6.45) is 3.42. The number of rotatable bonds is 7. The van der Waals surface area contributed by atoms with Crippen molar-refractivity contribution >= 4 is 11.8 Å². The van der Waals surface area contributed by atoms with Crippen molar-refractivity contribution in [2.45, 2.75) is 44.7 Å². The highest BCUT2D eigenvalue weighted by atomic mass is 16.5. The van der Waals surface area contributed by atoms with Crippen molar-refractivity contribution in [1.29, 1.82) is 0 Å². The number of carbonyl (C=O) groups is 2. The Hall–Kier alpha value is -2.74. The molecule has 2 amide bonds. The Labute approximate surface area is 169 Å². The molecule has 3 heterocycles. The first-order valence-corrected chi connectivity index (χ1v) is 10.2. The summed E-state index contributed by atoms with van der Waals surface area (Å²) in [5, 5.41) is 6.87. The molecule has 0 saturated carbocycles. The Morgan fingerprint density at radius 2 is 1.97 bits per heavy atom. The molecule has 2 aliphatic rings. The lowest BCUT2D eigenvalue weighted by atomic mass is 9.99. The summed E-state index contributed by atoms with van der Waals surface area (Å²) in [5.74, 6) is 0.969. The van der Waals surface area contributed by atoms with Gasteiger partial charge in [0, 0.05) is 32.1 Å². The molecular formula is C21H26N4O4. The number of likely N-dealkylation sites (tertiary alicyclic amines) is 1. The lowest BCUT2D eigenvalue weighted by Gasteiger charge is -2.22. The summed E-state index contributed by atoms with van der Waals surface area (Å²) in [5.41, 5.74) is 1.19. The van der Waals surface area contributed by atoms with Gasteiger partial charge in [-0.2, -0.15) is 4.98 Å². The zero-order valence-corrected chi connectivity index (χ0v) is 16.4. The number of carbonyl (C=O) groups excluding carboxylic acids is 2. The molecule has 0 unspecified atom stereocenters. The van der Waals surface area contributed by atoms with Crippen molar-refractivity contribution < 1.29 is 18.8 Å². The predicted octanol–water partition coefficient (Wildman–Crippen LogP) is 2.02. The zero-order chi connectivity index (χ0) is 20.1. The molecule has 2 aromatic rings. The van der Waals surface area contributed by atoms with Crippen LogP contribution in [0.4, 0.5) is 0 Å². The van der Waals surface area contributed by atoms with E-state index in [1.54, 1.807) is 0 Å². The van der Waals surface area contributed by atoms with Gasteiger partial charge in [-0.3, -0.25) is 9.59 Å². The van der Waals surface area contributed by atoms with Crippen LogP contribution >= 0.6 is 0 Å². The number of hydrogen-bond acceptors (Lipinski definition) is 6. The first kappa shape index (κ1) is 19.6. The Bertz CT molecular complexity index is 832. The molecule has 154 valence electrons. The van der Waals surface area contributed by atoms with Gasteiger partial charge in [0.1, 0.15) is 6.04 Å². The summed E-state index contributed by atoms with van der Waals surface area (Å²) in [7, 11) is 0.